The lowest BCUT2D eigenvalue weighted by molar-refractivity contribution is 0.125. The van der Waals surface area contributed by atoms with Crippen LogP contribution in [0.1, 0.15) is 52.9 Å². The number of nitrogens with one attached hydrogen (secondary N) is 1. The molecule has 1 aliphatic carbocycles. The van der Waals surface area contributed by atoms with Gasteiger partial charge in [-0.3, -0.25) is 4.99 Å². The number of thioether (sulfide) groups is 1. The first-order valence-electron chi connectivity index (χ1n) is 11.8. The second kappa shape index (κ2) is 11.1. The Balaban J connectivity index is 1.51. The topological polar surface area (TPSA) is 34.1 Å². The lowest BCUT2D eigenvalue weighted by Gasteiger charge is -2.45. The van der Waals surface area contributed by atoms with Crippen LogP contribution in [0.25, 0.3) is 0 Å². The highest BCUT2D eigenvalue weighted by atomic mass is 32.2. The normalized spacial score (nSPS) is 25.8. The van der Waals surface area contributed by atoms with Crippen molar-refractivity contribution in [1.82, 2.24) is 20.0 Å². The van der Waals surface area contributed by atoms with Gasteiger partial charge in [-0.1, -0.05) is 33.1 Å². The summed E-state index contributed by atoms with van der Waals surface area (Å²) in [5.41, 5.74) is 0. The largest absolute Gasteiger partial charge is 0.357 e. The van der Waals surface area contributed by atoms with Crippen molar-refractivity contribution >= 4 is 17.7 Å². The zero-order chi connectivity index (χ0) is 19.8. The molecule has 162 valence electrons. The highest BCUT2D eigenvalue weighted by molar-refractivity contribution is 8.00. The fourth-order valence-corrected chi connectivity index (χ4v) is 6.55. The molecule has 6 heteroatoms. The lowest BCUT2D eigenvalue weighted by Crippen LogP contribution is -2.53. The van der Waals surface area contributed by atoms with Gasteiger partial charge >= 0.3 is 0 Å². The van der Waals surface area contributed by atoms with Gasteiger partial charge in [0.05, 0.1) is 0 Å². The molecule has 2 aliphatic heterocycles. The number of rotatable bonds is 6. The summed E-state index contributed by atoms with van der Waals surface area (Å²) in [5.74, 6) is 3.03. The van der Waals surface area contributed by atoms with E-state index in [9.17, 15) is 0 Å². The highest BCUT2D eigenvalue weighted by Crippen LogP contribution is 2.42. The first-order chi connectivity index (χ1) is 13.6. The third kappa shape index (κ3) is 6.27. The molecule has 0 bridgehead atoms. The van der Waals surface area contributed by atoms with Crippen LogP contribution in [0.5, 0.6) is 0 Å². The van der Waals surface area contributed by atoms with E-state index in [2.05, 4.69) is 52.5 Å². The Morgan fingerprint density at radius 3 is 2.43 bits per heavy atom. The van der Waals surface area contributed by atoms with E-state index in [1.165, 1.54) is 83.7 Å². The maximum Gasteiger partial charge on any atom is 0.193 e. The van der Waals surface area contributed by atoms with Gasteiger partial charge in [0.15, 0.2) is 5.96 Å². The summed E-state index contributed by atoms with van der Waals surface area (Å²) >= 11 is 2.24. The zero-order valence-electron chi connectivity index (χ0n) is 18.6. The lowest BCUT2D eigenvalue weighted by atomic mass is 9.87. The predicted octanol–water partition coefficient (Wildman–Crippen LogP) is 2.98. The van der Waals surface area contributed by atoms with Gasteiger partial charge in [0, 0.05) is 69.4 Å². The van der Waals surface area contributed by atoms with Gasteiger partial charge in [-0.15, -0.1) is 0 Å². The average molecular weight is 410 g/mol. The van der Waals surface area contributed by atoms with Crippen molar-refractivity contribution < 1.29 is 0 Å². The van der Waals surface area contributed by atoms with Gasteiger partial charge in [0.2, 0.25) is 0 Å². The van der Waals surface area contributed by atoms with Gasteiger partial charge in [-0.25, -0.2) is 0 Å². The number of guanidine groups is 1. The second-order valence-corrected chi connectivity index (χ2v) is 10.6. The molecule has 0 radical (unpaired) electrons. The minimum absolute atomic E-state index is 0.497. The number of hydrogen-bond acceptors (Lipinski definition) is 4. The second-order valence-electron chi connectivity index (χ2n) is 9.05. The van der Waals surface area contributed by atoms with Gasteiger partial charge < -0.3 is 20.0 Å². The SMILES string of the molecule is CCNC(=NCC(C)CN1CCN(CC)CC1)N1CCSC2(CCCCC2)C1. The molecule has 1 spiro atoms. The van der Waals surface area contributed by atoms with E-state index in [1.807, 2.05) is 0 Å². The van der Waals surface area contributed by atoms with Gasteiger partial charge in [-0.2, -0.15) is 11.8 Å². The predicted molar refractivity (Wildman–Crippen MR) is 124 cm³/mol. The summed E-state index contributed by atoms with van der Waals surface area (Å²) in [4.78, 5) is 12.9. The minimum atomic E-state index is 0.497. The van der Waals surface area contributed by atoms with Crippen molar-refractivity contribution in [2.24, 2.45) is 10.9 Å². The smallest absolute Gasteiger partial charge is 0.193 e. The highest BCUT2D eigenvalue weighted by Gasteiger charge is 2.38. The number of likely N-dealkylation sites (N-methyl/N-ethyl adjacent to an activating group) is 1. The Morgan fingerprint density at radius 2 is 1.75 bits per heavy atom. The summed E-state index contributed by atoms with van der Waals surface area (Å²) in [6.45, 7) is 18.3. The van der Waals surface area contributed by atoms with E-state index in [4.69, 9.17) is 4.99 Å². The summed E-state index contributed by atoms with van der Waals surface area (Å²) in [6.07, 6.45) is 7.05. The Morgan fingerprint density at radius 1 is 1.04 bits per heavy atom. The molecule has 1 saturated carbocycles. The van der Waals surface area contributed by atoms with E-state index in [0.717, 1.165) is 25.6 Å². The van der Waals surface area contributed by atoms with E-state index in [0.29, 0.717) is 10.7 Å². The van der Waals surface area contributed by atoms with Crippen LogP contribution in [0.4, 0.5) is 0 Å². The van der Waals surface area contributed by atoms with Crippen molar-refractivity contribution in [3.05, 3.63) is 0 Å². The number of aliphatic imine (C=N–C) groups is 1. The summed E-state index contributed by atoms with van der Waals surface area (Å²) in [6, 6.07) is 0. The van der Waals surface area contributed by atoms with E-state index < -0.39 is 0 Å². The summed E-state index contributed by atoms with van der Waals surface area (Å²) in [7, 11) is 0. The fraction of sp³-hybridized carbons (Fsp3) is 0.955. The molecule has 0 aromatic heterocycles. The fourth-order valence-electron chi connectivity index (χ4n) is 4.98. The van der Waals surface area contributed by atoms with Crippen molar-refractivity contribution in [2.45, 2.75) is 57.6 Å². The van der Waals surface area contributed by atoms with Crippen LogP contribution in [-0.4, -0.2) is 96.6 Å². The molecule has 1 unspecified atom stereocenters. The van der Waals surface area contributed by atoms with Crippen molar-refractivity contribution in [3.63, 3.8) is 0 Å². The van der Waals surface area contributed by atoms with Crippen molar-refractivity contribution in [1.29, 1.82) is 0 Å². The quantitative estimate of drug-likeness (QED) is 0.539. The van der Waals surface area contributed by atoms with Crippen LogP contribution in [0.3, 0.4) is 0 Å². The summed E-state index contributed by atoms with van der Waals surface area (Å²) in [5, 5.41) is 3.59. The molecule has 28 heavy (non-hydrogen) atoms. The monoisotopic (exact) mass is 409 g/mol. The van der Waals surface area contributed by atoms with E-state index in [1.54, 1.807) is 0 Å². The molecule has 3 fully saturated rings. The molecule has 0 aromatic rings. The van der Waals surface area contributed by atoms with Crippen molar-refractivity contribution in [3.8, 4) is 0 Å². The zero-order valence-corrected chi connectivity index (χ0v) is 19.4. The summed E-state index contributed by atoms with van der Waals surface area (Å²) < 4.78 is 0.497. The molecular formula is C22H43N5S. The number of hydrogen-bond donors (Lipinski definition) is 1. The molecule has 5 nitrogen and oxygen atoms in total. The van der Waals surface area contributed by atoms with Gasteiger partial charge in [0.1, 0.15) is 0 Å². The Kier molecular flexibility index (Phi) is 8.79. The molecule has 2 heterocycles. The molecule has 0 amide bonds. The molecule has 1 N–H and O–H groups in total. The third-order valence-corrected chi connectivity index (χ3v) is 8.22. The van der Waals surface area contributed by atoms with Crippen LogP contribution >= 0.6 is 11.8 Å². The Bertz CT molecular complexity index is 478. The first kappa shape index (κ1) is 22.2. The third-order valence-electron chi connectivity index (χ3n) is 6.68. The Hall–Kier alpha value is -0.460. The standard InChI is InChI=1S/C22H43N5S/c1-4-23-21(27-15-16-28-22(19-27)9-7-6-8-10-22)24-17-20(3)18-26-13-11-25(5-2)12-14-26/h20H,4-19H2,1-3H3,(H,23,24). The molecule has 3 aliphatic rings. The van der Waals surface area contributed by atoms with E-state index >= 15 is 0 Å². The molecule has 3 rings (SSSR count). The molecule has 0 aromatic carbocycles. The maximum absolute atomic E-state index is 5.10. The van der Waals surface area contributed by atoms with Crippen LogP contribution < -0.4 is 5.32 Å². The van der Waals surface area contributed by atoms with Gasteiger partial charge in [0.25, 0.3) is 0 Å². The number of piperazine rings is 1. The van der Waals surface area contributed by atoms with Crippen LogP contribution in [0.2, 0.25) is 0 Å². The Labute approximate surface area is 177 Å². The van der Waals surface area contributed by atoms with Gasteiger partial charge in [-0.05, 0) is 32.2 Å². The molecular weight excluding hydrogens is 366 g/mol. The molecule has 1 atom stereocenters. The first-order valence-corrected chi connectivity index (χ1v) is 12.7. The minimum Gasteiger partial charge on any atom is -0.357 e. The maximum atomic E-state index is 5.10. The van der Waals surface area contributed by atoms with Crippen LogP contribution in [0.15, 0.2) is 4.99 Å². The average Bonchev–Trinajstić information content (AvgIpc) is 2.72. The molecule has 2 saturated heterocycles. The van der Waals surface area contributed by atoms with E-state index in [-0.39, 0.29) is 0 Å². The number of nitrogens with zero attached hydrogens (tertiary/aromatic N) is 4. The van der Waals surface area contributed by atoms with Crippen LogP contribution in [0, 0.1) is 5.92 Å². The van der Waals surface area contributed by atoms with Crippen molar-refractivity contribution in [2.75, 3.05) is 71.2 Å². The van der Waals surface area contributed by atoms with Crippen LogP contribution in [-0.2, 0) is 0 Å².